The molecule has 100 valence electrons. The average molecular weight is 248 g/mol. The molecule has 0 radical (unpaired) electrons. The minimum atomic E-state index is 0.567. The maximum Gasteiger partial charge on any atom is 0.137 e. The van der Waals surface area contributed by atoms with Crippen molar-refractivity contribution in [2.24, 2.45) is 5.92 Å². The maximum atomic E-state index is 4.45. The van der Waals surface area contributed by atoms with Gasteiger partial charge >= 0.3 is 0 Å². The van der Waals surface area contributed by atoms with Gasteiger partial charge in [0.2, 0.25) is 0 Å². The molecule has 18 heavy (non-hydrogen) atoms. The number of hydrogen-bond acceptors (Lipinski definition) is 4. The Kier molecular flexibility index (Phi) is 4.04. The summed E-state index contributed by atoms with van der Waals surface area (Å²) < 4.78 is 0. The standard InChI is InChI=1S/C14H24N4/c1-5-8-15-13-10(2)14(17-9-16-13)18(4)11(3)12-6-7-12/h9,11-12H,5-8H2,1-4H3,(H,15,16,17). The lowest BCUT2D eigenvalue weighted by atomic mass is 10.1. The maximum absolute atomic E-state index is 4.45. The second-order valence-electron chi connectivity index (χ2n) is 5.29. The number of anilines is 2. The molecule has 0 bridgehead atoms. The summed E-state index contributed by atoms with van der Waals surface area (Å²) in [5.74, 6) is 2.87. The number of aromatic nitrogens is 2. The first-order valence-electron chi connectivity index (χ1n) is 6.93. The largest absolute Gasteiger partial charge is 0.370 e. The Bertz CT molecular complexity index is 401. The fourth-order valence-corrected chi connectivity index (χ4v) is 2.31. The smallest absolute Gasteiger partial charge is 0.137 e. The van der Waals surface area contributed by atoms with Gasteiger partial charge in [-0.25, -0.2) is 9.97 Å². The fraction of sp³-hybridized carbons (Fsp3) is 0.714. The second-order valence-corrected chi connectivity index (χ2v) is 5.29. The van der Waals surface area contributed by atoms with Crippen LogP contribution in [-0.2, 0) is 0 Å². The highest BCUT2D eigenvalue weighted by Crippen LogP contribution is 2.36. The van der Waals surface area contributed by atoms with Crippen molar-refractivity contribution in [2.75, 3.05) is 23.8 Å². The first kappa shape index (κ1) is 13.1. The highest BCUT2D eigenvalue weighted by atomic mass is 15.2. The van der Waals surface area contributed by atoms with Gasteiger partial charge in [0.25, 0.3) is 0 Å². The average Bonchev–Trinajstić information content (AvgIpc) is 3.20. The molecule has 0 spiro atoms. The quantitative estimate of drug-likeness (QED) is 0.840. The van der Waals surface area contributed by atoms with Gasteiger partial charge in [0, 0.05) is 25.2 Å². The normalized spacial score (nSPS) is 16.4. The van der Waals surface area contributed by atoms with E-state index in [1.165, 1.54) is 12.8 Å². The molecule has 0 aromatic carbocycles. The van der Waals surface area contributed by atoms with E-state index in [1.807, 2.05) is 0 Å². The topological polar surface area (TPSA) is 41.1 Å². The lowest BCUT2D eigenvalue weighted by Gasteiger charge is -2.27. The predicted molar refractivity (Wildman–Crippen MR) is 76.1 cm³/mol. The van der Waals surface area contributed by atoms with Crippen LogP contribution >= 0.6 is 0 Å². The van der Waals surface area contributed by atoms with Crippen molar-refractivity contribution in [3.63, 3.8) is 0 Å². The van der Waals surface area contributed by atoms with E-state index in [0.717, 1.165) is 36.1 Å². The van der Waals surface area contributed by atoms with Gasteiger partial charge in [-0.3, -0.25) is 0 Å². The number of nitrogens with zero attached hydrogens (tertiary/aromatic N) is 3. The molecular weight excluding hydrogens is 224 g/mol. The lowest BCUT2D eigenvalue weighted by molar-refractivity contribution is 0.602. The minimum absolute atomic E-state index is 0.567. The third-order valence-corrected chi connectivity index (χ3v) is 3.85. The Morgan fingerprint density at radius 2 is 2.17 bits per heavy atom. The summed E-state index contributed by atoms with van der Waals surface area (Å²) in [6.45, 7) is 7.51. The van der Waals surface area contributed by atoms with Crippen LogP contribution in [0.3, 0.4) is 0 Å². The summed E-state index contributed by atoms with van der Waals surface area (Å²) in [6.07, 6.45) is 5.48. The van der Waals surface area contributed by atoms with E-state index < -0.39 is 0 Å². The van der Waals surface area contributed by atoms with Crippen LogP contribution in [0.1, 0.15) is 38.7 Å². The lowest BCUT2D eigenvalue weighted by Crippen LogP contribution is -2.32. The molecule has 2 rings (SSSR count). The third kappa shape index (κ3) is 2.74. The highest BCUT2D eigenvalue weighted by molar-refractivity contribution is 5.58. The zero-order chi connectivity index (χ0) is 13.1. The van der Waals surface area contributed by atoms with Gasteiger partial charge in [-0.15, -0.1) is 0 Å². The molecule has 1 saturated carbocycles. The molecule has 1 N–H and O–H groups in total. The van der Waals surface area contributed by atoms with E-state index in [-0.39, 0.29) is 0 Å². The molecular formula is C14H24N4. The van der Waals surface area contributed by atoms with E-state index in [1.54, 1.807) is 6.33 Å². The van der Waals surface area contributed by atoms with Crippen LogP contribution in [0.5, 0.6) is 0 Å². The van der Waals surface area contributed by atoms with Crippen LogP contribution in [0, 0.1) is 12.8 Å². The minimum Gasteiger partial charge on any atom is -0.370 e. The molecule has 1 aliphatic rings. The molecule has 4 nitrogen and oxygen atoms in total. The van der Waals surface area contributed by atoms with Crippen molar-refractivity contribution in [1.29, 1.82) is 0 Å². The molecule has 0 aliphatic heterocycles. The number of rotatable bonds is 6. The van der Waals surface area contributed by atoms with Crippen molar-refractivity contribution >= 4 is 11.6 Å². The van der Waals surface area contributed by atoms with Gasteiger partial charge in [-0.1, -0.05) is 6.92 Å². The van der Waals surface area contributed by atoms with Crippen molar-refractivity contribution in [3.05, 3.63) is 11.9 Å². The van der Waals surface area contributed by atoms with Crippen LogP contribution in [0.4, 0.5) is 11.6 Å². The van der Waals surface area contributed by atoms with Crippen molar-refractivity contribution in [1.82, 2.24) is 9.97 Å². The number of hydrogen-bond donors (Lipinski definition) is 1. The summed E-state index contributed by atoms with van der Waals surface area (Å²) in [4.78, 5) is 11.1. The molecule has 1 unspecified atom stereocenters. The summed E-state index contributed by atoms with van der Waals surface area (Å²) in [6, 6.07) is 0.567. The Morgan fingerprint density at radius 1 is 1.44 bits per heavy atom. The molecule has 4 heteroatoms. The van der Waals surface area contributed by atoms with Gasteiger partial charge in [0.15, 0.2) is 0 Å². The Balaban J connectivity index is 2.16. The molecule has 1 aromatic rings. The van der Waals surface area contributed by atoms with Gasteiger partial charge < -0.3 is 10.2 Å². The monoisotopic (exact) mass is 248 g/mol. The molecule has 0 amide bonds. The molecule has 1 atom stereocenters. The molecule has 1 aromatic heterocycles. The van der Waals surface area contributed by atoms with Crippen LogP contribution in [-0.4, -0.2) is 29.6 Å². The van der Waals surface area contributed by atoms with Crippen LogP contribution in [0.2, 0.25) is 0 Å². The van der Waals surface area contributed by atoms with Crippen LogP contribution in [0.15, 0.2) is 6.33 Å². The van der Waals surface area contributed by atoms with E-state index in [2.05, 4.69) is 48.0 Å². The summed E-state index contributed by atoms with van der Waals surface area (Å²) in [5, 5.41) is 3.36. The highest BCUT2D eigenvalue weighted by Gasteiger charge is 2.31. The van der Waals surface area contributed by atoms with Gasteiger partial charge in [-0.05, 0) is 39.0 Å². The van der Waals surface area contributed by atoms with Crippen LogP contribution in [0.25, 0.3) is 0 Å². The predicted octanol–water partition coefficient (Wildman–Crippen LogP) is 2.84. The van der Waals surface area contributed by atoms with E-state index >= 15 is 0 Å². The zero-order valence-corrected chi connectivity index (χ0v) is 11.9. The molecule has 1 fully saturated rings. The molecule has 1 heterocycles. The number of nitrogens with one attached hydrogen (secondary N) is 1. The molecule has 0 saturated heterocycles. The SMILES string of the molecule is CCCNc1ncnc(N(C)C(C)C2CC2)c1C. The third-order valence-electron chi connectivity index (χ3n) is 3.85. The Morgan fingerprint density at radius 3 is 2.78 bits per heavy atom. The van der Waals surface area contributed by atoms with Crippen molar-refractivity contribution in [2.45, 2.75) is 46.1 Å². The van der Waals surface area contributed by atoms with E-state index in [4.69, 9.17) is 0 Å². The van der Waals surface area contributed by atoms with Crippen molar-refractivity contribution in [3.8, 4) is 0 Å². The fourth-order valence-electron chi connectivity index (χ4n) is 2.31. The van der Waals surface area contributed by atoms with E-state index in [9.17, 15) is 0 Å². The summed E-state index contributed by atoms with van der Waals surface area (Å²) >= 11 is 0. The summed E-state index contributed by atoms with van der Waals surface area (Å²) in [5.41, 5.74) is 1.15. The van der Waals surface area contributed by atoms with Gasteiger partial charge in [0.1, 0.15) is 18.0 Å². The Labute approximate surface area is 110 Å². The van der Waals surface area contributed by atoms with Crippen molar-refractivity contribution < 1.29 is 0 Å². The summed E-state index contributed by atoms with van der Waals surface area (Å²) in [7, 11) is 2.14. The zero-order valence-electron chi connectivity index (χ0n) is 11.9. The molecule has 1 aliphatic carbocycles. The first-order chi connectivity index (χ1) is 8.65. The van der Waals surface area contributed by atoms with Gasteiger partial charge in [-0.2, -0.15) is 0 Å². The van der Waals surface area contributed by atoms with E-state index in [0.29, 0.717) is 6.04 Å². The van der Waals surface area contributed by atoms with Crippen LogP contribution < -0.4 is 10.2 Å². The second kappa shape index (κ2) is 5.55. The van der Waals surface area contributed by atoms with Gasteiger partial charge in [0.05, 0.1) is 0 Å². The Hall–Kier alpha value is -1.32. The first-order valence-corrected chi connectivity index (χ1v) is 6.93.